The molecule has 0 bridgehead atoms. The molecule has 2 N–H and O–H groups in total. The third kappa shape index (κ3) is 3.37. The van der Waals surface area contributed by atoms with Gasteiger partial charge in [0.1, 0.15) is 5.75 Å². The van der Waals surface area contributed by atoms with Crippen LogP contribution in [0.15, 0.2) is 18.2 Å². The first-order valence-corrected chi connectivity index (χ1v) is 4.19. The molecule has 0 saturated carbocycles. The molecule has 1 aromatic carbocycles. The molecular formula is C10H9ClO2. The average molecular weight is 197 g/mol. The van der Waals surface area contributed by atoms with Gasteiger partial charge in [-0.15, -0.1) is 0 Å². The van der Waals surface area contributed by atoms with Gasteiger partial charge in [-0.3, -0.25) is 0 Å². The molecule has 0 amide bonds. The van der Waals surface area contributed by atoms with E-state index >= 15 is 0 Å². The van der Waals surface area contributed by atoms with Crippen molar-refractivity contribution in [2.45, 2.75) is 6.42 Å². The lowest BCUT2D eigenvalue weighted by atomic mass is 10.2. The SMILES string of the molecule is OCCC#Cc1cc(O)cc(Cl)c1. The zero-order valence-electron chi connectivity index (χ0n) is 6.92. The maximum Gasteiger partial charge on any atom is 0.118 e. The fourth-order valence-corrected chi connectivity index (χ4v) is 1.10. The second kappa shape index (κ2) is 4.76. The molecule has 0 aliphatic heterocycles. The lowest BCUT2D eigenvalue weighted by molar-refractivity contribution is 0.305. The highest BCUT2D eigenvalue weighted by Crippen LogP contribution is 2.18. The number of aliphatic hydroxyl groups is 1. The van der Waals surface area contributed by atoms with Crippen LogP contribution in [0.5, 0.6) is 5.75 Å². The van der Waals surface area contributed by atoms with Crippen molar-refractivity contribution in [2.24, 2.45) is 0 Å². The Kier molecular flexibility index (Phi) is 3.63. The summed E-state index contributed by atoms with van der Waals surface area (Å²) in [4.78, 5) is 0. The smallest absolute Gasteiger partial charge is 0.118 e. The van der Waals surface area contributed by atoms with E-state index in [-0.39, 0.29) is 12.4 Å². The molecule has 13 heavy (non-hydrogen) atoms. The van der Waals surface area contributed by atoms with Gasteiger partial charge in [0.05, 0.1) is 6.61 Å². The Labute approximate surface area is 81.8 Å². The van der Waals surface area contributed by atoms with E-state index in [1.54, 1.807) is 6.07 Å². The Bertz CT molecular complexity index is 329. The molecule has 0 aromatic heterocycles. The molecule has 1 aromatic rings. The molecule has 0 spiro atoms. The summed E-state index contributed by atoms with van der Waals surface area (Å²) < 4.78 is 0. The third-order valence-corrected chi connectivity index (χ3v) is 1.57. The average Bonchev–Trinajstić information content (AvgIpc) is 2.03. The molecule has 0 heterocycles. The molecule has 0 atom stereocenters. The summed E-state index contributed by atoms with van der Waals surface area (Å²) in [6, 6.07) is 4.63. The van der Waals surface area contributed by atoms with Crippen LogP contribution in [-0.2, 0) is 0 Å². The second-order valence-electron chi connectivity index (χ2n) is 2.47. The Morgan fingerprint density at radius 1 is 1.31 bits per heavy atom. The van der Waals surface area contributed by atoms with Crippen LogP contribution in [0, 0.1) is 11.8 Å². The molecule has 0 saturated heterocycles. The largest absolute Gasteiger partial charge is 0.508 e. The maximum atomic E-state index is 9.15. The van der Waals surface area contributed by atoms with Crippen molar-refractivity contribution in [3.63, 3.8) is 0 Å². The van der Waals surface area contributed by atoms with Crippen LogP contribution in [0.4, 0.5) is 0 Å². The number of aromatic hydroxyl groups is 1. The fraction of sp³-hybridized carbons (Fsp3) is 0.200. The van der Waals surface area contributed by atoms with Crippen LogP contribution < -0.4 is 0 Å². The zero-order chi connectivity index (χ0) is 9.68. The Hall–Kier alpha value is -1.17. The molecule has 0 aliphatic rings. The monoisotopic (exact) mass is 196 g/mol. The lowest BCUT2D eigenvalue weighted by Crippen LogP contribution is -1.78. The van der Waals surface area contributed by atoms with Gasteiger partial charge in [-0.05, 0) is 18.2 Å². The standard InChI is InChI=1S/C10H9ClO2/c11-9-5-8(3-1-2-4-12)6-10(13)7-9/h5-7,12-13H,2,4H2. The topological polar surface area (TPSA) is 40.5 Å². The highest BCUT2D eigenvalue weighted by Gasteiger charge is 1.94. The highest BCUT2D eigenvalue weighted by atomic mass is 35.5. The fourth-order valence-electron chi connectivity index (χ4n) is 0.867. The van der Waals surface area contributed by atoms with Crippen molar-refractivity contribution >= 4 is 11.6 Å². The van der Waals surface area contributed by atoms with E-state index in [1.165, 1.54) is 12.1 Å². The van der Waals surface area contributed by atoms with Gasteiger partial charge in [0.15, 0.2) is 0 Å². The summed E-state index contributed by atoms with van der Waals surface area (Å²) >= 11 is 5.69. The van der Waals surface area contributed by atoms with Gasteiger partial charge in [-0.1, -0.05) is 23.4 Å². The van der Waals surface area contributed by atoms with Crippen LogP contribution in [0.25, 0.3) is 0 Å². The van der Waals surface area contributed by atoms with E-state index in [1.807, 2.05) is 0 Å². The number of aliphatic hydroxyl groups excluding tert-OH is 1. The molecule has 0 radical (unpaired) electrons. The highest BCUT2D eigenvalue weighted by molar-refractivity contribution is 6.30. The van der Waals surface area contributed by atoms with Crippen LogP contribution in [0.3, 0.4) is 0 Å². The second-order valence-corrected chi connectivity index (χ2v) is 2.91. The van der Waals surface area contributed by atoms with E-state index in [0.717, 1.165) is 0 Å². The molecule has 0 unspecified atom stereocenters. The lowest BCUT2D eigenvalue weighted by Gasteiger charge is -1.94. The van der Waals surface area contributed by atoms with Crippen LogP contribution in [0.2, 0.25) is 5.02 Å². The summed E-state index contributed by atoms with van der Waals surface area (Å²) in [7, 11) is 0. The van der Waals surface area contributed by atoms with Crippen molar-refractivity contribution in [3.05, 3.63) is 28.8 Å². The van der Waals surface area contributed by atoms with Gasteiger partial charge in [0.2, 0.25) is 0 Å². The Morgan fingerprint density at radius 3 is 2.69 bits per heavy atom. The number of rotatable bonds is 1. The number of hydrogen-bond donors (Lipinski definition) is 2. The number of phenolic OH excluding ortho intramolecular Hbond substituents is 1. The van der Waals surface area contributed by atoms with Crippen LogP contribution in [0.1, 0.15) is 12.0 Å². The van der Waals surface area contributed by atoms with Crippen LogP contribution >= 0.6 is 11.6 Å². The third-order valence-electron chi connectivity index (χ3n) is 1.35. The van der Waals surface area contributed by atoms with Gasteiger partial charge >= 0.3 is 0 Å². The summed E-state index contributed by atoms with van der Waals surface area (Å²) in [6.45, 7) is 0.0412. The predicted molar refractivity (Wildman–Crippen MR) is 51.7 cm³/mol. The van der Waals surface area contributed by atoms with Crippen molar-refractivity contribution < 1.29 is 10.2 Å². The van der Waals surface area contributed by atoms with E-state index in [0.29, 0.717) is 17.0 Å². The normalized spacial score (nSPS) is 9.08. The summed E-state index contributed by atoms with van der Waals surface area (Å²) in [6.07, 6.45) is 0.424. The van der Waals surface area contributed by atoms with Crippen LogP contribution in [-0.4, -0.2) is 16.8 Å². The van der Waals surface area contributed by atoms with Gasteiger partial charge in [0, 0.05) is 17.0 Å². The maximum absolute atomic E-state index is 9.15. The molecule has 3 heteroatoms. The molecule has 0 aliphatic carbocycles. The van der Waals surface area contributed by atoms with Gasteiger partial charge in [-0.25, -0.2) is 0 Å². The first kappa shape index (κ1) is 9.91. The van der Waals surface area contributed by atoms with Crippen molar-refractivity contribution in [2.75, 3.05) is 6.61 Å². The minimum Gasteiger partial charge on any atom is -0.508 e. The number of benzene rings is 1. The zero-order valence-corrected chi connectivity index (χ0v) is 7.67. The van der Waals surface area contributed by atoms with E-state index in [9.17, 15) is 0 Å². The predicted octanol–water partition coefficient (Wildman–Crippen LogP) is 1.78. The molecule has 0 fully saturated rings. The number of hydrogen-bond acceptors (Lipinski definition) is 2. The summed E-state index contributed by atoms with van der Waals surface area (Å²) in [5, 5.41) is 18.1. The summed E-state index contributed by atoms with van der Waals surface area (Å²) in [5.41, 5.74) is 0.651. The van der Waals surface area contributed by atoms with Crippen molar-refractivity contribution in [1.82, 2.24) is 0 Å². The Balaban J connectivity index is 2.85. The minimum atomic E-state index is 0.0412. The van der Waals surface area contributed by atoms with E-state index < -0.39 is 0 Å². The summed E-state index contributed by atoms with van der Waals surface area (Å²) in [5.74, 6) is 5.61. The number of halogens is 1. The molecule has 2 nitrogen and oxygen atoms in total. The van der Waals surface area contributed by atoms with Gasteiger partial charge < -0.3 is 10.2 Å². The van der Waals surface area contributed by atoms with E-state index in [4.69, 9.17) is 21.8 Å². The number of phenols is 1. The van der Waals surface area contributed by atoms with Gasteiger partial charge in [-0.2, -0.15) is 0 Å². The Morgan fingerprint density at radius 2 is 2.08 bits per heavy atom. The molecule has 68 valence electrons. The molecule has 1 rings (SSSR count). The van der Waals surface area contributed by atoms with Gasteiger partial charge in [0.25, 0.3) is 0 Å². The van der Waals surface area contributed by atoms with Crippen molar-refractivity contribution in [3.8, 4) is 17.6 Å². The first-order valence-electron chi connectivity index (χ1n) is 3.81. The quantitative estimate of drug-likeness (QED) is 0.673. The first-order chi connectivity index (χ1) is 6.22. The van der Waals surface area contributed by atoms with Crippen molar-refractivity contribution in [1.29, 1.82) is 0 Å². The minimum absolute atomic E-state index is 0.0412. The van der Waals surface area contributed by atoms with E-state index in [2.05, 4.69) is 11.8 Å². The molecular weight excluding hydrogens is 188 g/mol.